The van der Waals surface area contributed by atoms with Gasteiger partial charge >= 0.3 is 0 Å². The normalized spacial score (nSPS) is 22.1. The van der Waals surface area contributed by atoms with Gasteiger partial charge in [0.1, 0.15) is 5.69 Å². The minimum Gasteiger partial charge on any atom is -0.476 e. The van der Waals surface area contributed by atoms with E-state index in [1.165, 1.54) is 0 Å². The summed E-state index contributed by atoms with van der Waals surface area (Å²) in [5, 5.41) is 0. The smallest absolute Gasteiger partial charge is 0.235 e. The van der Waals surface area contributed by atoms with Crippen molar-refractivity contribution < 1.29 is 4.74 Å². The molecule has 1 atom stereocenters. The summed E-state index contributed by atoms with van der Waals surface area (Å²) in [6.45, 7) is 2.92. The van der Waals surface area contributed by atoms with Crippen LogP contribution in [0.4, 0.5) is 0 Å². The lowest BCUT2D eigenvalue weighted by Gasteiger charge is -2.19. The highest BCUT2D eigenvalue weighted by Gasteiger charge is 2.18. The average Bonchev–Trinajstić information content (AvgIpc) is 2.06. The molecule has 0 spiro atoms. The molecule has 1 aromatic heterocycles. The summed E-state index contributed by atoms with van der Waals surface area (Å²) < 4.78 is 5.32. The standard InChI is InChI=1S/C8H10N2O/c1-6-2-5-11-8-7(6)9-3-4-10-8/h3-4,6H,2,5H2,1H3. The first-order valence-electron chi connectivity index (χ1n) is 3.81. The summed E-state index contributed by atoms with van der Waals surface area (Å²) in [7, 11) is 0. The Morgan fingerprint density at radius 1 is 1.45 bits per heavy atom. The van der Waals surface area contributed by atoms with Crippen LogP contribution in [-0.2, 0) is 0 Å². The molecule has 1 aromatic rings. The molecule has 0 bridgehead atoms. The quantitative estimate of drug-likeness (QED) is 0.560. The van der Waals surface area contributed by atoms with Gasteiger partial charge in [-0.25, -0.2) is 4.98 Å². The van der Waals surface area contributed by atoms with E-state index in [2.05, 4.69) is 16.9 Å². The van der Waals surface area contributed by atoms with Crippen LogP contribution in [0, 0.1) is 0 Å². The second kappa shape index (κ2) is 2.49. The second-order valence-corrected chi connectivity index (χ2v) is 2.78. The molecule has 0 amide bonds. The van der Waals surface area contributed by atoms with E-state index in [-0.39, 0.29) is 0 Å². The highest BCUT2D eigenvalue weighted by atomic mass is 16.5. The van der Waals surface area contributed by atoms with Gasteiger partial charge < -0.3 is 4.74 Å². The van der Waals surface area contributed by atoms with E-state index in [9.17, 15) is 0 Å². The maximum Gasteiger partial charge on any atom is 0.235 e. The Labute approximate surface area is 65.4 Å². The van der Waals surface area contributed by atoms with Crippen molar-refractivity contribution in [3.63, 3.8) is 0 Å². The number of nitrogens with zero attached hydrogens (tertiary/aromatic N) is 2. The first-order chi connectivity index (χ1) is 5.38. The van der Waals surface area contributed by atoms with Crippen LogP contribution >= 0.6 is 0 Å². The summed E-state index contributed by atoms with van der Waals surface area (Å²) in [6.07, 6.45) is 4.42. The SMILES string of the molecule is CC1CCOc2nccnc21. The van der Waals surface area contributed by atoms with Crippen LogP contribution in [0.2, 0.25) is 0 Å². The number of hydrogen-bond acceptors (Lipinski definition) is 3. The fourth-order valence-electron chi connectivity index (χ4n) is 1.25. The molecule has 0 N–H and O–H groups in total. The molecule has 2 rings (SSSR count). The zero-order chi connectivity index (χ0) is 7.68. The monoisotopic (exact) mass is 150 g/mol. The first-order valence-corrected chi connectivity index (χ1v) is 3.81. The highest BCUT2D eigenvalue weighted by Crippen LogP contribution is 2.28. The van der Waals surface area contributed by atoms with Crippen molar-refractivity contribution in [1.29, 1.82) is 0 Å². The largest absolute Gasteiger partial charge is 0.476 e. The van der Waals surface area contributed by atoms with E-state index in [4.69, 9.17) is 4.74 Å². The van der Waals surface area contributed by atoms with Crippen molar-refractivity contribution in [3.05, 3.63) is 18.1 Å². The molecule has 0 saturated carbocycles. The minimum absolute atomic E-state index is 0.493. The third kappa shape index (κ3) is 1.06. The third-order valence-corrected chi connectivity index (χ3v) is 1.95. The van der Waals surface area contributed by atoms with Crippen LogP contribution in [0.5, 0.6) is 5.88 Å². The van der Waals surface area contributed by atoms with Gasteiger partial charge in [0.15, 0.2) is 0 Å². The third-order valence-electron chi connectivity index (χ3n) is 1.95. The lowest BCUT2D eigenvalue weighted by Crippen LogP contribution is -2.14. The summed E-state index contributed by atoms with van der Waals surface area (Å²) in [4.78, 5) is 8.30. The van der Waals surface area contributed by atoms with Gasteiger partial charge in [0, 0.05) is 18.3 Å². The molecule has 1 aliphatic rings. The summed E-state index contributed by atoms with van der Waals surface area (Å²) >= 11 is 0. The van der Waals surface area contributed by atoms with Crippen molar-refractivity contribution in [2.75, 3.05) is 6.61 Å². The molecule has 1 aliphatic heterocycles. The lowest BCUT2D eigenvalue weighted by molar-refractivity contribution is 0.256. The Morgan fingerprint density at radius 3 is 3.09 bits per heavy atom. The van der Waals surface area contributed by atoms with Crippen molar-refractivity contribution in [2.24, 2.45) is 0 Å². The van der Waals surface area contributed by atoms with Gasteiger partial charge in [0.25, 0.3) is 0 Å². The number of fused-ring (bicyclic) bond motifs is 1. The van der Waals surface area contributed by atoms with Gasteiger partial charge in [0.05, 0.1) is 6.61 Å². The van der Waals surface area contributed by atoms with Crippen molar-refractivity contribution in [3.8, 4) is 5.88 Å². The molecule has 3 nitrogen and oxygen atoms in total. The lowest BCUT2D eigenvalue weighted by atomic mass is 10.0. The molecule has 58 valence electrons. The average molecular weight is 150 g/mol. The molecular formula is C8H10N2O. The maximum absolute atomic E-state index is 5.32. The fraction of sp³-hybridized carbons (Fsp3) is 0.500. The van der Waals surface area contributed by atoms with E-state index in [1.54, 1.807) is 12.4 Å². The highest BCUT2D eigenvalue weighted by molar-refractivity contribution is 5.22. The molecule has 1 unspecified atom stereocenters. The van der Waals surface area contributed by atoms with Crippen LogP contribution in [0.3, 0.4) is 0 Å². The van der Waals surface area contributed by atoms with Crippen LogP contribution in [0.25, 0.3) is 0 Å². The van der Waals surface area contributed by atoms with Crippen LogP contribution in [-0.4, -0.2) is 16.6 Å². The topological polar surface area (TPSA) is 35.0 Å². The van der Waals surface area contributed by atoms with Crippen molar-refractivity contribution in [2.45, 2.75) is 19.3 Å². The van der Waals surface area contributed by atoms with Gasteiger partial charge in [-0.1, -0.05) is 6.92 Å². The Bertz CT molecular complexity index is 262. The molecule has 0 radical (unpaired) electrons. The van der Waals surface area contributed by atoms with E-state index in [0.29, 0.717) is 11.8 Å². The van der Waals surface area contributed by atoms with Crippen LogP contribution in [0.1, 0.15) is 25.0 Å². The van der Waals surface area contributed by atoms with Gasteiger partial charge in [-0.3, -0.25) is 4.98 Å². The Hall–Kier alpha value is -1.12. The number of ether oxygens (including phenoxy) is 1. The summed E-state index contributed by atoms with van der Waals surface area (Å²) in [5.41, 5.74) is 0.999. The van der Waals surface area contributed by atoms with Gasteiger partial charge in [-0.2, -0.15) is 0 Å². The molecule has 2 heterocycles. The van der Waals surface area contributed by atoms with Gasteiger partial charge in [-0.05, 0) is 6.42 Å². The second-order valence-electron chi connectivity index (χ2n) is 2.78. The van der Waals surface area contributed by atoms with E-state index in [1.807, 2.05) is 0 Å². The summed E-state index contributed by atoms with van der Waals surface area (Å²) in [6, 6.07) is 0. The molecule has 11 heavy (non-hydrogen) atoms. The van der Waals surface area contributed by atoms with E-state index in [0.717, 1.165) is 18.7 Å². The zero-order valence-corrected chi connectivity index (χ0v) is 6.45. The minimum atomic E-state index is 0.493. The number of hydrogen-bond donors (Lipinski definition) is 0. The van der Waals surface area contributed by atoms with Crippen LogP contribution in [0.15, 0.2) is 12.4 Å². The Morgan fingerprint density at radius 2 is 2.27 bits per heavy atom. The fourth-order valence-corrected chi connectivity index (χ4v) is 1.25. The Kier molecular flexibility index (Phi) is 1.49. The molecule has 0 fully saturated rings. The molecule has 0 saturated heterocycles. The first kappa shape index (κ1) is 6.58. The predicted molar refractivity (Wildman–Crippen MR) is 40.6 cm³/mol. The van der Waals surface area contributed by atoms with Crippen LogP contribution < -0.4 is 4.74 Å². The Balaban J connectivity index is 2.44. The summed E-state index contributed by atoms with van der Waals surface area (Å²) in [5.74, 6) is 1.21. The number of aromatic nitrogens is 2. The van der Waals surface area contributed by atoms with E-state index < -0.39 is 0 Å². The number of rotatable bonds is 0. The molecular weight excluding hydrogens is 140 g/mol. The zero-order valence-electron chi connectivity index (χ0n) is 6.45. The predicted octanol–water partition coefficient (Wildman–Crippen LogP) is 1.36. The molecule has 3 heteroatoms. The van der Waals surface area contributed by atoms with E-state index >= 15 is 0 Å². The van der Waals surface area contributed by atoms with Gasteiger partial charge in [-0.15, -0.1) is 0 Å². The molecule has 0 aliphatic carbocycles. The van der Waals surface area contributed by atoms with Crippen molar-refractivity contribution >= 4 is 0 Å². The van der Waals surface area contributed by atoms with Crippen molar-refractivity contribution in [1.82, 2.24) is 9.97 Å². The molecule has 0 aromatic carbocycles. The maximum atomic E-state index is 5.32. The van der Waals surface area contributed by atoms with Gasteiger partial charge in [0.2, 0.25) is 5.88 Å².